The van der Waals surface area contributed by atoms with Crippen LogP contribution in [0.2, 0.25) is 0 Å². The number of ether oxygens (including phenoxy) is 1. The molecular weight excluding hydrogens is 252 g/mol. The molecule has 1 aliphatic carbocycles. The minimum Gasteiger partial charge on any atom is -0.383 e. The van der Waals surface area contributed by atoms with Crippen LogP contribution in [0.25, 0.3) is 0 Å². The minimum atomic E-state index is -0.510. The fourth-order valence-corrected chi connectivity index (χ4v) is 2.03. The van der Waals surface area contributed by atoms with E-state index in [1.807, 2.05) is 0 Å². The lowest BCUT2D eigenvalue weighted by Crippen LogP contribution is -2.34. The molecule has 2 rings (SSSR count). The second-order valence-corrected chi connectivity index (χ2v) is 4.49. The van der Waals surface area contributed by atoms with E-state index in [1.54, 1.807) is 7.11 Å². The summed E-state index contributed by atoms with van der Waals surface area (Å²) in [6.07, 6.45) is 0.651. The smallest absolute Gasteiger partial charge is 0.188 e. The summed E-state index contributed by atoms with van der Waals surface area (Å²) in [4.78, 5) is 4.04. The van der Waals surface area contributed by atoms with Crippen molar-refractivity contribution in [1.29, 1.82) is 0 Å². The van der Waals surface area contributed by atoms with Crippen LogP contribution in [0, 0.1) is 11.6 Å². The Kier molecular flexibility index (Phi) is 4.31. The van der Waals surface area contributed by atoms with Crippen molar-refractivity contribution < 1.29 is 13.5 Å². The molecule has 4 nitrogen and oxygen atoms in total. The number of rotatable bonds is 5. The molecule has 19 heavy (non-hydrogen) atoms. The van der Waals surface area contributed by atoms with Crippen molar-refractivity contribution in [2.24, 2.45) is 10.7 Å². The van der Waals surface area contributed by atoms with Gasteiger partial charge in [0.1, 0.15) is 11.6 Å². The third-order valence-electron chi connectivity index (χ3n) is 3.07. The molecule has 0 spiro atoms. The van der Waals surface area contributed by atoms with E-state index in [4.69, 9.17) is 10.5 Å². The molecule has 6 heteroatoms. The van der Waals surface area contributed by atoms with Crippen molar-refractivity contribution in [1.82, 2.24) is 5.32 Å². The third-order valence-corrected chi connectivity index (χ3v) is 3.07. The summed E-state index contributed by atoms with van der Waals surface area (Å²) in [6, 6.07) is 3.84. The Morgan fingerprint density at radius 3 is 2.79 bits per heavy atom. The number of nitrogens with one attached hydrogen (secondary N) is 1. The van der Waals surface area contributed by atoms with Gasteiger partial charge < -0.3 is 15.8 Å². The predicted molar refractivity (Wildman–Crippen MR) is 69.0 cm³/mol. The molecule has 0 amide bonds. The Bertz CT molecular complexity index is 459. The van der Waals surface area contributed by atoms with Gasteiger partial charge in [-0.05, 0) is 18.6 Å². The maximum atomic E-state index is 13.6. The molecule has 2 unspecified atom stereocenters. The van der Waals surface area contributed by atoms with Crippen LogP contribution in [0.4, 0.5) is 8.78 Å². The zero-order valence-electron chi connectivity index (χ0n) is 10.7. The van der Waals surface area contributed by atoms with Gasteiger partial charge in [0, 0.05) is 24.6 Å². The normalized spacial score (nSPS) is 22.4. The molecule has 3 N–H and O–H groups in total. The fourth-order valence-electron chi connectivity index (χ4n) is 2.03. The number of nitrogens with two attached hydrogens (primary N) is 1. The Hall–Kier alpha value is -1.69. The predicted octanol–water partition coefficient (Wildman–Crippen LogP) is 1.37. The van der Waals surface area contributed by atoms with Gasteiger partial charge in [-0.2, -0.15) is 0 Å². The summed E-state index contributed by atoms with van der Waals surface area (Å²) in [5, 5.41) is 2.95. The van der Waals surface area contributed by atoms with E-state index >= 15 is 0 Å². The Balaban J connectivity index is 1.92. The van der Waals surface area contributed by atoms with Gasteiger partial charge in [-0.15, -0.1) is 0 Å². The van der Waals surface area contributed by atoms with E-state index in [1.165, 1.54) is 18.2 Å². The van der Waals surface area contributed by atoms with Gasteiger partial charge in [0.15, 0.2) is 5.96 Å². The van der Waals surface area contributed by atoms with Crippen LogP contribution < -0.4 is 11.1 Å². The molecule has 1 aromatic rings. The number of hydrogen-bond donors (Lipinski definition) is 2. The van der Waals surface area contributed by atoms with Crippen LogP contribution in [0.5, 0.6) is 0 Å². The first-order valence-corrected chi connectivity index (χ1v) is 6.12. The maximum absolute atomic E-state index is 13.6. The molecule has 1 fully saturated rings. The lowest BCUT2D eigenvalue weighted by Gasteiger charge is -2.06. The summed E-state index contributed by atoms with van der Waals surface area (Å²) in [5.41, 5.74) is 5.80. The summed E-state index contributed by atoms with van der Waals surface area (Å²) < 4.78 is 32.0. The van der Waals surface area contributed by atoms with Crippen molar-refractivity contribution in [3.05, 3.63) is 35.4 Å². The Labute approximate surface area is 110 Å². The number of benzene rings is 1. The lowest BCUT2D eigenvalue weighted by molar-refractivity contribution is 0.208. The van der Waals surface area contributed by atoms with Crippen LogP contribution in [0.1, 0.15) is 17.9 Å². The zero-order valence-corrected chi connectivity index (χ0v) is 10.7. The highest BCUT2D eigenvalue weighted by molar-refractivity contribution is 5.78. The highest BCUT2D eigenvalue weighted by Crippen LogP contribution is 2.42. The number of hydrogen-bond acceptors (Lipinski definition) is 2. The fraction of sp³-hybridized carbons (Fsp3) is 0.462. The SMILES string of the molecule is COCCN=C(N)NC1CC1c1c(F)cccc1F. The molecule has 1 aromatic carbocycles. The monoisotopic (exact) mass is 269 g/mol. The van der Waals surface area contributed by atoms with Gasteiger partial charge in [0.2, 0.25) is 0 Å². The first-order valence-electron chi connectivity index (χ1n) is 6.12. The summed E-state index contributed by atoms with van der Waals surface area (Å²) in [7, 11) is 1.58. The van der Waals surface area contributed by atoms with Crippen LogP contribution >= 0.6 is 0 Å². The molecule has 104 valence electrons. The molecule has 1 saturated carbocycles. The highest BCUT2D eigenvalue weighted by atomic mass is 19.1. The molecule has 0 saturated heterocycles. The van der Waals surface area contributed by atoms with Crippen LogP contribution in [0.3, 0.4) is 0 Å². The van der Waals surface area contributed by atoms with Crippen molar-refractivity contribution in [3.8, 4) is 0 Å². The standard InChI is InChI=1S/C13H17F2N3O/c1-19-6-5-17-13(16)18-11-7-8(11)12-9(14)3-2-4-10(12)15/h2-4,8,11H,5-7H2,1H3,(H3,16,17,18). The largest absolute Gasteiger partial charge is 0.383 e. The third kappa shape index (κ3) is 3.41. The van der Waals surface area contributed by atoms with Crippen LogP contribution in [-0.4, -0.2) is 32.3 Å². The van der Waals surface area contributed by atoms with E-state index in [9.17, 15) is 8.78 Å². The first kappa shape index (κ1) is 13.7. The number of halogens is 2. The van der Waals surface area contributed by atoms with Crippen molar-refractivity contribution >= 4 is 5.96 Å². The van der Waals surface area contributed by atoms with Gasteiger partial charge in [-0.3, -0.25) is 4.99 Å². The molecule has 0 heterocycles. The van der Waals surface area contributed by atoms with Gasteiger partial charge >= 0.3 is 0 Å². The van der Waals surface area contributed by atoms with E-state index in [0.717, 1.165) is 0 Å². The minimum absolute atomic E-state index is 0.0577. The number of methoxy groups -OCH3 is 1. The van der Waals surface area contributed by atoms with E-state index < -0.39 is 11.6 Å². The van der Waals surface area contributed by atoms with E-state index in [-0.39, 0.29) is 23.5 Å². The zero-order chi connectivity index (χ0) is 13.8. The van der Waals surface area contributed by atoms with Gasteiger partial charge in [-0.1, -0.05) is 6.07 Å². The average Bonchev–Trinajstić information content (AvgIpc) is 3.08. The summed E-state index contributed by atoms with van der Waals surface area (Å²) in [5.74, 6) is -0.924. The van der Waals surface area contributed by atoms with Crippen LogP contribution in [0.15, 0.2) is 23.2 Å². The molecule has 2 atom stereocenters. The molecule has 0 aliphatic heterocycles. The summed E-state index contributed by atoms with van der Waals surface area (Å²) >= 11 is 0. The lowest BCUT2D eigenvalue weighted by atomic mass is 10.1. The topological polar surface area (TPSA) is 59.6 Å². The molecule has 0 radical (unpaired) electrons. The van der Waals surface area contributed by atoms with Crippen LogP contribution in [-0.2, 0) is 4.74 Å². The second kappa shape index (κ2) is 5.97. The number of aliphatic imine (C=N–C) groups is 1. The quantitative estimate of drug-likeness (QED) is 0.482. The van der Waals surface area contributed by atoms with Crippen molar-refractivity contribution in [2.45, 2.75) is 18.4 Å². The Morgan fingerprint density at radius 1 is 1.47 bits per heavy atom. The number of nitrogens with zero attached hydrogens (tertiary/aromatic N) is 1. The van der Waals surface area contributed by atoms with Gasteiger partial charge in [0.25, 0.3) is 0 Å². The molecular formula is C13H17F2N3O. The maximum Gasteiger partial charge on any atom is 0.188 e. The molecule has 0 aromatic heterocycles. The summed E-state index contributed by atoms with van der Waals surface area (Å²) in [6.45, 7) is 0.944. The molecule has 1 aliphatic rings. The van der Waals surface area contributed by atoms with Crippen molar-refractivity contribution in [2.75, 3.05) is 20.3 Å². The highest BCUT2D eigenvalue weighted by Gasteiger charge is 2.42. The first-order chi connectivity index (χ1) is 9.13. The van der Waals surface area contributed by atoms with Gasteiger partial charge in [-0.25, -0.2) is 8.78 Å². The molecule has 0 bridgehead atoms. The number of guanidine groups is 1. The van der Waals surface area contributed by atoms with Gasteiger partial charge in [0.05, 0.1) is 13.2 Å². The second-order valence-electron chi connectivity index (χ2n) is 4.49. The van der Waals surface area contributed by atoms with E-state index in [2.05, 4.69) is 10.3 Å². The average molecular weight is 269 g/mol. The van der Waals surface area contributed by atoms with E-state index in [0.29, 0.717) is 19.6 Å². The van der Waals surface area contributed by atoms with Crippen molar-refractivity contribution in [3.63, 3.8) is 0 Å². The Morgan fingerprint density at radius 2 is 2.16 bits per heavy atom.